The number of rotatable bonds is 0. The van der Waals surface area contributed by atoms with Crippen molar-refractivity contribution in [3.8, 4) is 0 Å². The molecule has 12 heavy (non-hydrogen) atoms. The molecule has 0 radical (unpaired) electrons. The molecule has 0 spiro atoms. The standard InChI is InChI=1S/C10H15NS/c1-9(2)6-10(3,4)8-7(9)5-12-11-8/h5H,6H2,1-4H3. The van der Waals surface area contributed by atoms with Crippen LogP contribution >= 0.6 is 11.5 Å². The van der Waals surface area contributed by atoms with Gasteiger partial charge in [-0.25, -0.2) is 0 Å². The first-order valence-corrected chi connectivity index (χ1v) is 5.22. The molecule has 0 unspecified atom stereocenters. The topological polar surface area (TPSA) is 12.9 Å². The van der Waals surface area contributed by atoms with E-state index in [0.29, 0.717) is 10.8 Å². The molecule has 0 aliphatic heterocycles. The molecule has 0 N–H and O–H groups in total. The smallest absolute Gasteiger partial charge is 0.0636 e. The van der Waals surface area contributed by atoms with Crippen molar-refractivity contribution in [3.05, 3.63) is 16.6 Å². The predicted molar refractivity (Wildman–Crippen MR) is 52.8 cm³/mol. The van der Waals surface area contributed by atoms with Gasteiger partial charge in [0.15, 0.2) is 0 Å². The maximum Gasteiger partial charge on any atom is 0.0636 e. The molecule has 0 saturated heterocycles. The molecule has 1 aromatic rings. The van der Waals surface area contributed by atoms with Crippen LogP contribution in [0.2, 0.25) is 0 Å². The van der Waals surface area contributed by atoms with Crippen LogP contribution in [0.25, 0.3) is 0 Å². The van der Waals surface area contributed by atoms with E-state index in [1.54, 1.807) is 11.5 Å². The lowest BCUT2D eigenvalue weighted by Crippen LogP contribution is -2.18. The third-order valence-electron chi connectivity index (χ3n) is 2.82. The minimum atomic E-state index is 0.291. The molecule has 2 heteroatoms. The van der Waals surface area contributed by atoms with E-state index in [2.05, 4.69) is 37.4 Å². The van der Waals surface area contributed by atoms with Crippen molar-refractivity contribution in [1.29, 1.82) is 0 Å². The molecule has 0 atom stereocenters. The molecule has 2 rings (SSSR count). The zero-order valence-electron chi connectivity index (χ0n) is 8.14. The van der Waals surface area contributed by atoms with Crippen molar-refractivity contribution >= 4 is 11.5 Å². The summed E-state index contributed by atoms with van der Waals surface area (Å²) in [5.74, 6) is 0. The van der Waals surface area contributed by atoms with Gasteiger partial charge in [0.05, 0.1) is 5.69 Å². The fourth-order valence-corrected chi connectivity index (χ4v) is 3.53. The van der Waals surface area contributed by atoms with Crippen LogP contribution in [-0.4, -0.2) is 4.37 Å². The third kappa shape index (κ3) is 0.939. The van der Waals surface area contributed by atoms with E-state index in [1.807, 2.05) is 0 Å². The van der Waals surface area contributed by atoms with Gasteiger partial charge in [-0.2, -0.15) is 4.37 Å². The Balaban J connectivity index is 2.60. The van der Waals surface area contributed by atoms with Crippen LogP contribution in [-0.2, 0) is 10.8 Å². The number of aromatic nitrogens is 1. The zero-order chi connectivity index (χ0) is 8.98. The molecule has 0 saturated carbocycles. The van der Waals surface area contributed by atoms with Gasteiger partial charge in [-0.1, -0.05) is 27.7 Å². The summed E-state index contributed by atoms with van der Waals surface area (Å²) in [6.07, 6.45) is 1.23. The van der Waals surface area contributed by atoms with Crippen molar-refractivity contribution < 1.29 is 0 Å². The SMILES string of the molecule is CC1(C)CC(C)(C)c2nscc21. The summed E-state index contributed by atoms with van der Waals surface area (Å²) < 4.78 is 4.49. The summed E-state index contributed by atoms with van der Waals surface area (Å²) >= 11 is 1.60. The van der Waals surface area contributed by atoms with Gasteiger partial charge >= 0.3 is 0 Å². The van der Waals surface area contributed by atoms with Crippen LogP contribution in [0, 0.1) is 0 Å². The first-order chi connectivity index (χ1) is 5.43. The van der Waals surface area contributed by atoms with Gasteiger partial charge < -0.3 is 0 Å². The summed E-state index contributed by atoms with van der Waals surface area (Å²) in [7, 11) is 0. The van der Waals surface area contributed by atoms with Crippen LogP contribution in [0.3, 0.4) is 0 Å². The van der Waals surface area contributed by atoms with Gasteiger partial charge in [0.2, 0.25) is 0 Å². The van der Waals surface area contributed by atoms with Crippen molar-refractivity contribution in [3.63, 3.8) is 0 Å². The number of hydrogen-bond donors (Lipinski definition) is 0. The van der Waals surface area contributed by atoms with Gasteiger partial charge in [-0.05, 0) is 28.9 Å². The Labute approximate surface area is 78.0 Å². The normalized spacial score (nSPS) is 24.0. The Kier molecular flexibility index (Phi) is 1.45. The maximum absolute atomic E-state index is 4.49. The van der Waals surface area contributed by atoms with Crippen molar-refractivity contribution in [2.24, 2.45) is 0 Å². The summed E-state index contributed by atoms with van der Waals surface area (Å²) in [5.41, 5.74) is 3.43. The number of fused-ring (bicyclic) bond motifs is 1. The minimum Gasteiger partial charge on any atom is -0.197 e. The third-order valence-corrected chi connectivity index (χ3v) is 3.45. The average molecular weight is 181 g/mol. The van der Waals surface area contributed by atoms with Gasteiger partial charge in [-0.15, -0.1) is 0 Å². The number of nitrogens with zero attached hydrogens (tertiary/aromatic N) is 1. The van der Waals surface area contributed by atoms with E-state index in [1.165, 1.54) is 17.7 Å². The highest BCUT2D eigenvalue weighted by molar-refractivity contribution is 7.03. The Morgan fingerprint density at radius 2 is 1.92 bits per heavy atom. The fourth-order valence-electron chi connectivity index (χ4n) is 2.49. The van der Waals surface area contributed by atoms with Gasteiger partial charge in [0, 0.05) is 10.8 Å². The molecule has 1 aliphatic rings. The van der Waals surface area contributed by atoms with E-state index in [0.717, 1.165) is 0 Å². The zero-order valence-corrected chi connectivity index (χ0v) is 8.96. The molecule has 1 heterocycles. The van der Waals surface area contributed by atoms with Crippen molar-refractivity contribution in [1.82, 2.24) is 4.37 Å². The van der Waals surface area contributed by atoms with Crippen molar-refractivity contribution in [2.75, 3.05) is 0 Å². The molecular weight excluding hydrogens is 166 g/mol. The number of hydrogen-bond acceptors (Lipinski definition) is 2. The van der Waals surface area contributed by atoms with Crippen LogP contribution in [0.15, 0.2) is 5.38 Å². The molecule has 1 aliphatic carbocycles. The van der Waals surface area contributed by atoms with E-state index in [9.17, 15) is 0 Å². The first-order valence-electron chi connectivity index (χ1n) is 4.39. The van der Waals surface area contributed by atoms with Gasteiger partial charge in [0.25, 0.3) is 0 Å². The van der Waals surface area contributed by atoms with E-state index in [4.69, 9.17) is 0 Å². The van der Waals surface area contributed by atoms with Crippen LogP contribution < -0.4 is 0 Å². The molecule has 66 valence electrons. The average Bonchev–Trinajstić information content (AvgIpc) is 2.34. The second-order valence-corrected chi connectivity index (χ2v) is 5.65. The lowest BCUT2D eigenvalue weighted by molar-refractivity contribution is 0.399. The quantitative estimate of drug-likeness (QED) is 0.599. The Morgan fingerprint density at radius 3 is 2.50 bits per heavy atom. The Morgan fingerprint density at radius 1 is 1.25 bits per heavy atom. The second kappa shape index (κ2) is 2.11. The van der Waals surface area contributed by atoms with Crippen molar-refractivity contribution in [2.45, 2.75) is 44.9 Å². The van der Waals surface area contributed by atoms with Crippen LogP contribution in [0.1, 0.15) is 45.4 Å². The summed E-state index contributed by atoms with van der Waals surface area (Å²) in [4.78, 5) is 0. The first kappa shape index (κ1) is 8.24. The maximum atomic E-state index is 4.49. The molecule has 0 bridgehead atoms. The molecule has 0 amide bonds. The van der Waals surface area contributed by atoms with E-state index < -0.39 is 0 Å². The van der Waals surface area contributed by atoms with E-state index >= 15 is 0 Å². The highest BCUT2D eigenvalue weighted by atomic mass is 32.1. The predicted octanol–water partition coefficient (Wildman–Crippen LogP) is 3.10. The largest absolute Gasteiger partial charge is 0.197 e. The van der Waals surface area contributed by atoms with Gasteiger partial charge in [0.1, 0.15) is 0 Å². The van der Waals surface area contributed by atoms with E-state index in [-0.39, 0.29) is 0 Å². The molecule has 1 aromatic heterocycles. The lowest BCUT2D eigenvalue weighted by Gasteiger charge is -2.22. The van der Waals surface area contributed by atoms with Gasteiger partial charge in [-0.3, -0.25) is 0 Å². The molecule has 0 fully saturated rings. The monoisotopic (exact) mass is 181 g/mol. The summed E-state index contributed by atoms with van der Waals surface area (Å²) in [6.45, 7) is 9.21. The van der Waals surface area contributed by atoms with Crippen LogP contribution in [0.4, 0.5) is 0 Å². The molecule has 1 nitrogen and oxygen atoms in total. The highest BCUT2D eigenvalue weighted by Gasteiger charge is 2.43. The lowest BCUT2D eigenvalue weighted by atomic mass is 9.82. The fraction of sp³-hybridized carbons (Fsp3) is 0.700. The summed E-state index contributed by atoms with van der Waals surface area (Å²) in [5, 5.41) is 2.21. The summed E-state index contributed by atoms with van der Waals surface area (Å²) in [6, 6.07) is 0. The molecular formula is C10H15NS. The molecule has 0 aromatic carbocycles. The minimum absolute atomic E-state index is 0.291. The Bertz CT molecular complexity index is 281. The Hall–Kier alpha value is -0.370. The second-order valence-electron chi connectivity index (χ2n) is 5.02. The van der Waals surface area contributed by atoms with Crippen LogP contribution in [0.5, 0.6) is 0 Å². The highest BCUT2D eigenvalue weighted by Crippen LogP contribution is 2.49.